The van der Waals surface area contributed by atoms with E-state index in [1.807, 2.05) is 0 Å². The van der Waals surface area contributed by atoms with Gasteiger partial charge in [0.1, 0.15) is 6.10 Å². The van der Waals surface area contributed by atoms with Crippen LogP contribution in [0.15, 0.2) is 0 Å². The minimum atomic E-state index is 0.0328. The maximum atomic E-state index is 11.7. The molecule has 2 saturated carbocycles. The van der Waals surface area contributed by atoms with Gasteiger partial charge in [-0.15, -0.1) is 0 Å². The van der Waals surface area contributed by atoms with E-state index < -0.39 is 0 Å². The van der Waals surface area contributed by atoms with Crippen molar-refractivity contribution in [2.75, 3.05) is 0 Å². The Kier molecular flexibility index (Phi) is 7.75. The molecule has 0 aliphatic heterocycles. The molecule has 2 fully saturated rings. The zero-order valence-electron chi connectivity index (χ0n) is 14.8. The Balaban J connectivity index is 1.64. The normalized spacial score (nSPS) is 32.6. The summed E-state index contributed by atoms with van der Waals surface area (Å²) in [6.07, 6.45) is 16.3. The first-order chi connectivity index (χ1) is 10.7. The summed E-state index contributed by atoms with van der Waals surface area (Å²) in [5, 5.41) is 0. The zero-order valence-corrected chi connectivity index (χ0v) is 14.8. The van der Waals surface area contributed by atoms with Crippen LogP contribution in [0, 0.1) is 17.8 Å². The minimum absolute atomic E-state index is 0.0328. The van der Waals surface area contributed by atoms with Crippen molar-refractivity contribution in [3.8, 4) is 0 Å². The zero-order chi connectivity index (χ0) is 15.8. The van der Waals surface area contributed by atoms with E-state index in [1.54, 1.807) is 0 Å². The summed E-state index contributed by atoms with van der Waals surface area (Å²) in [7, 11) is 0. The molecule has 0 heterocycles. The van der Waals surface area contributed by atoms with E-state index >= 15 is 0 Å². The highest BCUT2D eigenvalue weighted by Crippen LogP contribution is 2.41. The van der Waals surface area contributed by atoms with E-state index in [9.17, 15) is 4.79 Å². The van der Waals surface area contributed by atoms with E-state index in [-0.39, 0.29) is 12.1 Å². The average molecular weight is 309 g/mol. The molecule has 2 aliphatic rings. The van der Waals surface area contributed by atoms with Crippen LogP contribution in [0.25, 0.3) is 0 Å². The van der Waals surface area contributed by atoms with Crippen LogP contribution in [0.4, 0.5) is 0 Å². The predicted molar refractivity (Wildman–Crippen MR) is 91.7 cm³/mol. The molecule has 0 aromatic heterocycles. The molecule has 0 bridgehead atoms. The summed E-state index contributed by atoms with van der Waals surface area (Å²) in [5.74, 6) is 2.92. The monoisotopic (exact) mass is 308 g/mol. The Morgan fingerprint density at radius 1 is 0.864 bits per heavy atom. The number of esters is 1. The molecule has 2 heteroatoms. The average Bonchev–Trinajstić information content (AvgIpc) is 2.55. The van der Waals surface area contributed by atoms with E-state index in [2.05, 4.69) is 13.8 Å². The Bertz CT molecular complexity index is 310. The van der Waals surface area contributed by atoms with Crippen molar-refractivity contribution in [2.45, 2.75) is 103 Å². The molecule has 0 aromatic rings. The van der Waals surface area contributed by atoms with Crippen molar-refractivity contribution in [3.05, 3.63) is 0 Å². The Morgan fingerprint density at radius 3 is 2.00 bits per heavy atom. The van der Waals surface area contributed by atoms with Gasteiger partial charge in [-0.1, -0.05) is 46.0 Å². The summed E-state index contributed by atoms with van der Waals surface area (Å²) < 4.78 is 5.64. The van der Waals surface area contributed by atoms with Crippen molar-refractivity contribution in [1.82, 2.24) is 0 Å². The van der Waals surface area contributed by atoms with Gasteiger partial charge < -0.3 is 4.74 Å². The van der Waals surface area contributed by atoms with Crippen LogP contribution in [0.1, 0.15) is 97.3 Å². The fourth-order valence-electron chi connectivity index (χ4n) is 4.60. The molecule has 0 spiro atoms. The highest BCUT2D eigenvalue weighted by Gasteiger charge is 2.31. The van der Waals surface area contributed by atoms with Crippen LogP contribution in [0.3, 0.4) is 0 Å². The van der Waals surface area contributed by atoms with Crippen LogP contribution in [0.2, 0.25) is 0 Å². The van der Waals surface area contributed by atoms with Gasteiger partial charge in [0.15, 0.2) is 0 Å². The molecule has 0 atom stereocenters. The SMILES string of the molecule is CCCCC(=O)O[C@H]1CC[C@H]([C@H]2CC[C@H](CCC)CC2)CC1. The van der Waals surface area contributed by atoms with Crippen LogP contribution in [-0.4, -0.2) is 12.1 Å². The summed E-state index contributed by atoms with van der Waals surface area (Å²) >= 11 is 0. The molecule has 2 nitrogen and oxygen atoms in total. The summed E-state index contributed by atoms with van der Waals surface area (Å²) in [5.41, 5.74) is 0. The molecule has 22 heavy (non-hydrogen) atoms. The van der Waals surface area contributed by atoms with Crippen LogP contribution >= 0.6 is 0 Å². The molecule has 128 valence electrons. The maximum Gasteiger partial charge on any atom is 0.306 e. The summed E-state index contributed by atoms with van der Waals surface area (Å²) in [6.45, 7) is 4.43. The lowest BCUT2D eigenvalue weighted by atomic mass is 9.70. The first-order valence-corrected chi connectivity index (χ1v) is 9.92. The standard InChI is InChI=1S/C20H36O2/c1-3-5-7-20(21)22-19-14-12-18(13-15-19)17-10-8-16(6-4-2)9-11-17/h16-19H,3-15H2,1-2H3/t16-,17-,18-,19-. The molecule has 0 unspecified atom stereocenters. The Morgan fingerprint density at radius 2 is 1.45 bits per heavy atom. The van der Waals surface area contributed by atoms with E-state index in [0.29, 0.717) is 6.42 Å². The molecule has 2 rings (SSSR count). The quantitative estimate of drug-likeness (QED) is 0.548. The number of carbonyl (C=O) groups excluding carboxylic acids is 1. The lowest BCUT2D eigenvalue weighted by Crippen LogP contribution is -2.29. The largest absolute Gasteiger partial charge is 0.462 e. The van der Waals surface area contributed by atoms with Crippen molar-refractivity contribution >= 4 is 5.97 Å². The van der Waals surface area contributed by atoms with E-state index in [4.69, 9.17) is 4.74 Å². The highest BCUT2D eigenvalue weighted by atomic mass is 16.5. The summed E-state index contributed by atoms with van der Waals surface area (Å²) in [6, 6.07) is 0. The third-order valence-electron chi connectivity index (χ3n) is 6.01. The fourth-order valence-corrected chi connectivity index (χ4v) is 4.60. The minimum Gasteiger partial charge on any atom is -0.462 e. The third-order valence-corrected chi connectivity index (χ3v) is 6.01. The van der Waals surface area contributed by atoms with Gasteiger partial charge in [-0.3, -0.25) is 4.79 Å². The molecule has 0 amide bonds. The first-order valence-electron chi connectivity index (χ1n) is 9.92. The second-order valence-corrected chi connectivity index (χ2v) is 7.70. The van der Waals surface area contributed by atoms with Crippen molar-refractivity contribution in [2.24, 2.45) is 17.8 Å². The Hall–Kier alpha value is -0.530. The topological polar surface area (TPSA) is 26.3 Å². The number of ether oxygens (including phenoxy) is 1. The van der Waals surface area contributed by atoms with E-state index in [1.165, 1.54) is 51.4 Å². The second kappa shape index (κ2) is 9.57. The van der Waals surface area contributed by atoms with Crippen LogP contribution in [0.5, 0.6) is 0 Å². The molecular formula is C20H36O2. The number of carbonyl (C=O) groups is 1. The van der Waals surface area contributed by atoms with Crippen molar-refractivity contribution in [1.29, 1.82) is 0 Å². The van der Waals surface area contributed by atoms with Crippen LogP contribution < -0.4 is 0 Å². The Labute approximate surface area is 137 Å². The lowest BCUT2D eigenvalue weighted by Gasteiger charge is -2.37. The van der Waals surface area contributed by atoms with Crippen molar-refractivity contribution < 1.29 is 9.53 Å². The third kappa shape index (κ3) is 5.59. The smallest absolute Gasteiger partial charge is 0.306 e. The van der Waals surface area contributed by atoms with E-state index in [0.717, 1.165) is 43.4 Å². The second-order valence-electron chi connectivity index (χ2n) is 7.70. The number of hydrogen-bond acceptors (Lipinski definition) is 2. The van der Waals surface area contributed by atoms with Gasteiger partial charge in [-0.25, -0.2) is 0 Å². The molecule has 0 N–H and O–H groups in total. The molecule has 0 saturated heterocycles. The molecule has 2 aliphatic carbocycles. The van der Waals surface area contributed by atoms with Gasteiger partial charge in [0.25, 0.3) is 0 Å². The maximum absolute atomic E-state index is 11.7. The molecule has 0 aromatic carbocycles. The molecular weight excluding hydrogens is 272 g/mol. The fraction of sp³-hybridized carbons (Fsp3) is 0.950. The number of hydrogen-bond donors (Lipinski definition) is 0. The van der Waals surface area contributed by atoms with Gasteiger partial charge in [0.05, 0.1) is 0 Å². The van der Waals surface area contributed by atoms with Gasteiger partial charge in [-0.2, -0.15) is 0 Å². The van der Waals surface area contributed by atoms with Crippen LogP contribution in [-0.2, 0) is 9.53 Å². The lowest BCUT2D eigenvalue weighted by molar-refractivity contribution is -0.151. The highest BCUT2D eigenvalue weighted by molar-refractivity contribution is 5.69. The van der Waals surface area contributed by atoms with Crippen molar-refractivity contribution in [3.63, 3.8) is 0 Å². The predicted octanol–water partition coefficient (Wildman–Crippen LogP) is 5.89. The first kappa shape index (κ1) is 17.8. The summed E-state index contributed by atoms with van der Waals surface area (Å²) in [4.78, 5) is 11.7. The van der Waals surface area contributed by atoms with Gasteiger partial charge in [0, 0.05) is 6.42 Å². The number of rotatable bonds is 7. The van der Waals surface area contributed by atoms with Gasteiger partial charge in [-0.05, 0) is 62.7 Å². The van der Waals surface area contributed by atoms with Gasteiger partial charge in [0.2, 0.25) is 0 Å². The molecule has 0 radical (unpaired) electrons. The van der Waals surface area contributed by atoms with Gasteiger partial charge >= 0.3 is 5.97 Å². The number of unbranched alkanes of at least 4 members (excludes halogenated alkanes) is 1.